The molecule has 0 aliphatic heterocycles. The van der Waals surface area contributed by atoms with Gasteiger partial charge in [-0.25, -0.2) is 0 Å². The van der Waals surface area contributed by atoms with Gasteiger partial charge in [0.15, 0.2) is 0 Å². The monoisotopic (exact) mass is 325 g/mol. The Kier molecular flexibility index (Phi) is 6.16. The third-order valence-corrected chi connectivity index (χ3v) is 3.75. The molecule has 1 aliphatic carbocycles. The van der Waals surface area contributed by atoms with Crippen LogP contribution in [0.15, 0.2) is 18.2 Å². The number of hydrogen-bond acceptors (Lipinski definition) is 3. The van der Waals surface area contributed by atoms with E-state index < -0.39 is 12.4 Å². The first-order valence-corrected chi connectivity index (χ1v) is 6.71. The molecular formula is C14H19ClF3NO2. The fraction of sp³-hybridized carbons (Fsp3) is 0.571. The first-order valence-electron chi connectivity index (χ1n) is 6.71. The predicted molar refractivity (Wildman–Crippen MR) is 75.5 cm³/mol. The summed E-state index contributed by atoms with van der Waals surface area (Å²) >= 11 is 0. The topological polar surface area (TPSA) is 55.5 Å². The highest BCUT2D eigenvalue weighted by molar-refractivity contribution is 5.85. The molecule has 3 nitrogen and oxygen atoms in total. The van der Waals surface area contributed by atoms with Crippen LogP contribution in [0, 0.1) is 5.92 Å². The standard InChI is InChI=1S/C14H18F3NO2.ClH/c15-14(16,17)20-10-6-7-12(19)11(8-10)13(18)9-4-2-1-3-5-9;/h6-9,13,19H,1-5,18H2;1H/t13-;/m0./s1. The van der Waals surface area contributed by atoms with E-state index in [1.54, 1.807) is 0 Å². The lowest BCUT2D eigenvalue weighted by Gasteiger charge is -2.28. The van der Waals surface area contributed by atoms with E-state index in [2.05, 4.69) is 4.74 Å². The molecule has 0 unspecified atom stereocenters. The molecule has 0 saturated heterocycles. The molecule has 1 aromatic carbocycles. The van der Waals surface area contributed by atoms with Gasteiger partial charge in [0.05, 0.1) is 0 Å². The van der Waals surface area contributed by atoms with Gasteiger partial charge in [-0.2, -0.15) is 0 Å². The Hall–Kier alpha value is -1.14. The Balaban J connectivity index is 0.00000220. The maximum atomic E-state index is 12.2. The Labute approximate surface area is 127 Å². The lowest BCUT2D eigenvalue weighted by Crippen LogP contribution is -2.24. The van der Waals surface area contributed by atoms with Gasteiger partial charge in [0.1, 0.15) is 11.5 Å². The van der Waals surface area contributed by atoms with Gasteiger partial charge in [-0.3, -0.25) is 0 Å². The van der Waals surface area contributed by atoms with Crippen LogP contribution in [0.25, 0.3) is 0 Å². The van der Waals surface area contributed by atoms with Crippen molar-refractivity contribution in [3.8, 4) is 11.5 Å². The molecule has 120 valence electrons. The number of halogens is 4. The van der Waals surface area contributed by atoms with Gasteiger partial charge in [0, 0.05) is 11.6 Å². The second-order valence-corrected chi connectivity index (χ2v) is 5.19. The van der Waals surface area contributed by atoms with Crippen LogP contribution in [0.5, 0.6) is 11.5 Å². The molecule has 3 N–H and O–H groups in total. The average Bonchev–Trinajstić information content (AvgIpc) is 2.40. The largest absolute Gasteiger partial charge is 0.573 e. The van der Waals surface area contributed by atoms with E-state index in [0.29, 0.717) is 5.56 Å². The van der Waals surface area contributed by atoms with Crippen molar-refractivity contribution in [3.63, 3.8) is 0 Å². The van der Waals surface area contributed by atoms with Crippen LogP contribution in [-0.4, -0.2) is 11.5 Å². The summed E-state index contributed by atoms with van der Waals surface area (Å²) in [7, 11) is 0. The highest BCUT2D eigenvalue weighted by Crippen LogP contribution is 2.38. The molecule has 0 amide bonds. The maximum Gasteiger partial charge on any atom is 0.573 e. The summed E-state index contributed by atoms with van der Waals surface area (Å²) in [4.78, 5) is 0. The number of hydrogen-bond donors (Lipinski definition) is 2. The first kappa shape index (κ1) is 17.9. The number of benzene rings is 1. The van der Waals surface area contributed by atoms with Gasteiger partial charge in [0.2, 0.25) is 0 Å². The van der Waals surface area contributed by atoms with E-state index in [0.717, 1.165) is 38.2 Å². The molecule has 1 fully saturated rings. The van der Waals surface area contributed by atoms with Crippen molar-refractivity contribution in [3.05, 3.63) is 23.8 Å². The number of aromatic hydroxyl groups is 1. The average molecular weight is 326 g/mol. The van der Waals surface area contributed by atoms with Gasteiger partial charge in [-0.1, -0.05) is 19.3 Å². The predicted octanol–water partition coefficient (Wildman–Crippen LogP) is 4.29. The molecule has 21 heavy (non-hydrogen) atoms. The maximum absolute atomic E-state index is 12.2. The Morgan fingerprint density at radius 1 is 1.19 bits per heavy atom. The lowest BCUT2D eigenvalue weighted by atomic mass is 9.81. The molecule has 0 radical (unpaired) electrons. The van der Waals surface area contributed by atoms with Crippen LogP contribution in [-0.2, 0) is 0 Å². The summed E-state index contributed by atoms with van der Waals surface area (Å²) in [5.41, 5.74) is 6.42. The first-order chi connectivity index (χ1) is 9.37. The molecule has 1 aromatic rings. The fourth-order valence-electron chi connectivity index (χ4n) is 2.74. The highest BCUT2D eigenvalue weighted by Gasteiger charge is 2.32. The molecule has 7 heteroatoms. The number of nitrogens with two attached hydrogens (primary N) is 1. The van der Waals surface area contributed by atoms with Crippen molar-refractivity contribution >= 4 is 12.4 Å². The van der Waals surface area contributed by atoms with Crippen molar-refractivity contribution < 1.29 is 23.0 Å². The summed E-state index contributed by atoms with van der Waals surface area (Å²) in [5.74, 6) is -0.245. The summed E-state index contributed by atoms with van der Waals surface area (Å²) in [6.45, 7) is 0. The zero-order valence-electron chi connectivity index (χ0n) is 11.4. The quantitative estimate of drug-likeness (QED) is 0.871. The van der Waals surface area contributed by atoms with Crippen LogP contribution < -0.4 is 10.5 Å². The third-order valence-electron chi connectivity index (χ3n) is 3.75. The molecule has 0 spiro atoms. The van der Waals surface area contributed by atoms with E-state index in [9.17, 15) is 18.3 Å². The normalized spacial score (nSPS) is 17.9. The fourth-order valence-corrected chi connectivity index (χ4v) is 2.74. The van der Waals surface area contributed by atoms with Crippen LogP contribution in [0.4, 0.5) is 13.2 Å². The molecule has 0 heterocycles. The molecule has 1 atom stereocenters. The van der Waals surface area contributed by atoms with Crippen LogP contribution >= 0.6 is 12.4 Å². The zero-order chi connectivity index (χ0) is 14.8. The van der Waals surface area contributed by atoms with Crippen molar-refractivity contribution in [2.75, 3.05) is 0 Å². The van der Waals surface area contributed by atoms with Crippen molar-refractivity contribution in [1.82, 2.24) is 0 Å². The van der Waals surface area contributed by atoms with Crippen LogP contribution in [0.1, 0.15) is 43.7 Å². The van der Waals surface area contributed by atoms with Crippen molar-refractivity contribution in [2.24, 2.45) is 11.7 Å². The lowest BCUT2D eigenvalue weighted by molar-refractivity contribution is -0.274. The number of ether oxygens (including phenoxy) is 1. The SMILES string of the molecule is Cl.N[C@H](c1cc(OC(F)(F)F)ccc1O)C1CCCCC1. The minimum Gasteiger partial charge on any atom is -0.508 e. The smallest absolute Gasteiger partial charge is 0.508 e. The van der Waals surface area contributed by atoms with Gasteiger partial charge in [-0.15, -0.1) is 25.6 Å². The number of phenols is 1. The van der Waals surface area contributed by atoms with E-state index in [4.69, 9.17) is 5.73 Å². The minimum atomic E-state index is -4.75. The van der Waals surface area contributed by atoms with Crippen LogP contribution in [0.2, 0.25) is 0 Å². The Bertz CT molecular complexity index is 462. The Morgan fingerprint density at radius 3 is 2.38 bits per heavy atom. The molecular weight excluding hydrogens is 307 g/mol. The minimum absolute atomic E-state index is 0. The molecule has 0 bridgehead atoms. The van der Waals surface area contributed by atoms with E-state index in [1.165, 1.54) is 12.1 Å². The number of phenolic OH excluding ortho intramolecular Hbond substituents is 1. The van der Waals surface area contributed by atoms with Crippen LogP contribution in [0.3, 0.4) is 0 Å². The van der Waals surface area contributed by atoms with E-state index in [-0.39, 0.29) is 29.8 Å². The highest BCUT2D eigenvalue weighted by atomic mass is 35.5. The van der Waals surface area contributed by atoms with Crippen molar-refractivity contribution in [2.45, 2.75) is 44.5 Å². The summed E-state index contributed by atoms with van der Waals surface area (Å²) in [6, 6.07) is 2.99. The summed E-state index contributed by atoms with van der Waals surface area (Å²) in [5, 5.41) is 9.82. The van der Waals surface area contributed by atoms with Gasteiger partial charge in [0.25, 0.3) is 0 Å². The number of rotatable bonds is 3. The molecule has 0 aromatic heterocycles. The molecule has 1 aliphatic rings. The summed E-state index contributed by atoms with van der Waals surface area (Å²) < 4.78 is 40.5. The van der Waals surface area contributed by atoms with E-state index in [1.807, 2.05) is 0 Å². The third kappa shape index (κ3) is 4.97. The summed E-state index contributed by atoms with van der Waals surface area (Å²) in [6.07, 6.45) is 0.418. The molecule has 2 rings (SSSR count). The zero-order valence-corrected chi connectivity index (χ0v) is 12.2. The van der Waals surface area contributed by atoms with Gasteiger partial charge < -0.3 is 15.6 Å². The van der Waals surface area contributed by atoms with Gasteiger partial charge >= 0.3 is 6.36 Å². The van der Waals surface area contributed by atoms with E-state index >= 15 is 0 Å². The van der Waals surface area contributed by atoms with Crippen molar-refractivity contribution in [1.29, 1.82) is 0 Å². The van der Waals surface area contributed by atoms with Gasteiger partial charge in [-0.05, 0) is 37.0 Å². The second kappa shape index (κ2) is 7.22. The second-order valence-electron chi connectivity index (χ2n) is 5.19. The Morgan fingerprint density at radius 2 is 1.81 bits per heavy atom. The number of alkyl halides is 3. The molecule has 1 saturated carbocycles.